The highest BCUT2D eigenvalue weighted by Crippen LogP contribution is 2.12. The summed E-state index contributed by atoms with van der Waals surface area (Å²) in [6, 6.07) is 3.56. The zero-order valence-electron chi connectivity index (χ0n) is 8.43. The van der Waals surface area contributed by atoms with Crippen molar-refractivity contribution in [3.8, 4) is 0 Å². The highest BCUT2D eigenvalue weighted by Gasteiger charge is 2.20. The minimum Gasteiger partial charge on any atom is -0.368 e. The Balaban J connectivity index is 2.62. The molecule has 1 atom stereocenters. The molecule has 0 saturated carbocycles. The van der Waals surface area contributed by atoms with Gasteiger partial charge in [0.25, 0.3) is 0 Å². The van der Waals surface area contributed by atoms with Gasteiger partial charge in [-0.25, -0.2) is 0 Å². The maximum atomic E-state index is 11.8. The van der Waals surface area contributed by atoms with E-state index in [1.54, 1.807) is 6.07 Å². The summed E-state index contributed by atoms with van der Waals surface area (Å²) in [5, 5.41) is 4.29. The minimum atomic E-state index is -0.584. The first-order valence-corrected chi connectivity index (χ1v) is 5.54. The average Bonchev–Trinajstić information content (AvgIpc) is 2.76. The van der Waals surface area contributed by atoms with Crippen LogP contribution in [0.3, 0.4) is 0 Å². The number of ketones is 1. The summed E-state index contributed by atoms with van der Waals surface area (Å²) < 4.78 is 5.27. The molecule has 1 N–H and O–H groups in total. The fourth-order valence-electron chi connectivity index (χ4n) is 1.16. The number of hydrogen-bond donors (Lipinski definition) is 1. The van der Waals surface area contributed by atoms with E-state index in [1.807, 2.05) is 18.4 Å². The van der Waals surface area contributed by atoms with Crippen LogP contribution >= 0.6 is 11.3 Å². The fraction of sp³-hybridized carbons (Fsp3) is 0.400. The summed E-state index contributed by atoms with van der Waals surface area (Å²) in [6.07, 6.45) is -0.0212. The highest BCUT2D eigenvalue weighted by atomic mass is 32.1. The van der Waals surface area contributed by atoms with Crippen LogP contribution in [0.2, 0.25) is 0 Å². The molecule has 0 aliphatic rings. The first-order valence-electron chi connectivity index (χ1n) is 4.66. The number of rotatable bonds is 7. The van der Waals surface area contributed by atoms with Gasteiger partial charge in [-0.15, -0.1) is 11.3 Å². The number of thiophene rings is 1. The van der Waals surface area contributed by atoms with E-state index >= 15 is 0 Å². The molecule has 1 amide bonds. The molecule has 5 heteroatoms. The molecule has 0 saturated heterocycles. The molecular weight excluding hydrogens is 214 g/mol. The highest BCUT2D eigenvalue weighted by molar-refractivity contribution is 7.12. The van der Waals surface area contributed by atoms with E-state index in [2.05, 4.69) is 5.32 Å². The van der Waals surface area contributed by atoms with Crippen molar-refractivity contribution in [2.75, 3.05) is 13.2 Å². The number of carbonyl (C=O) groups is 2. The first-order chi connectivity index (χ1) is 7.29. The summed E-state index contributed by atoms with van der Waals surface area (Å²) >= 11 is 1.37. The molecule has 1 heterocycles. The van der Waals surface area contributed by atoms with Gasteiger partial charge in [0.15, 0.2) is 0 Å². The Morgan fingerprint density at radius 1 is 1.73 bits per heavy atom. The second kappa shape index (κ2) is 6.31. The van der Waals surface area contributed by atoms with Gasteiger partial charge in [0, 0.05) is 6.61 Å². The third-order valence-electron chi connectivity index (χ3n) is 1.81. The van der Waals surface area contributed by atoms with Gasteiger partial charge in [-0.2, -0.15) is 0 Å². The minimum absolute atomic E-state index is 0.0822. The Morgan fingerprint density at radius 3 is 3.07 bits per heavy atom. The molecule has 1 aromatic heterocycles. The van der Waals surface area contributed by atoms with Crippen LogP contribution in [0.4, 0.5) is 0 Å². The third kappa shape index (κ3) is 3.45. The van der Waals surface area contributed by atoms with Gasteiger partial charge in [0.1, 0.15) is 6.10 Å². The van der Waals surface area contributed by atoms with Crippen LogP contribution in [0.1, 0.15) is 16.6 Å². The summed E-state index contributed by atoms with van der Waals surface area (Å²) in [5.41, 5.74) is 0. The normalized spacial score (nSPS) is 12.1. The number of amides is 1. The molecule has 15 heavy (non-hydrogen) atoms. The van der Waals surface area contributed by atoms with Gasteiger partial charge in [-0.05, 0) is 18.4 Å². The fourth-order valence-corrected chi connectivity index (χ4v) is 1.87. The lowest BCUT2D eigenvalue weighted by atomic mass is 10.2. The molecule has 1 aromatic rings. The van der Waals surface area contributed by atoms with Crippen molar-refractivity contribution in [1.29, 1.82) is 0 Å². The molecule has 0 aliphatic heterocycles. The van der Waals surface area contributed by atoms with Crippen LogP contribution in [0.15, 0.2) is 17.5 Å². The van der Waals surface area contributed by atoms with Gasteiger partial charge in [0.05, 0.1) is 11.4 Å². The van der Waals surface area contributed by atoms with Crippen molar-refractivity contribution in [1.82, 2.24) is 5.32 Å². The molecule has 0 aromatic carbocycles. The zero-order chi connectivity index (χ0) is 11.1. The van der Waals surface area contributed by atoms with Crippen molar-refractivity contribution in [2.24, 2.45) is 0 Å². The largest absolute Gasteiger partial charge is 0.368 e. The number of hydrogen-bond acceptors (Lipinski definition) is 4. The second-order valence-electron chi connectivity index (χ2n) is 2.81. The first kappa shape index (κ1) is 11.9. The quantitative estimate of drug-likeness (QED) is 0.560. The number of nitrogens with one attached hydrogen (secondary N) is 1. The van der Waals surface area contributed by atoms with Gasteiger partial charge < -0.3 is 10.1 Å². The van der Waals surface area contributed by atoms with E-state index in [4.69, 9.17) is 4.74 Å². The van der Waals surface area contributed by atoms with E-state index in [9.17, 15) is 9.59 Å². The average molecular weight is 227 g/mol. The van der Waals surface area contributed by atoms with Crippen molar-refractivity contribution in [3.63, 3.8) is 0 Å². The lowest BCUT2D eigenvalue weighted by Gasteiger charge is -2.13. The van der Waals surface area contributed by atoms with Crippen LogP contribution in [0.25, 0.3) is 0 Å². The van der Waals surface area contributed by atoms with E-state index in [-0.39, 0.29) is 12.3 Å². The van der Waals surface area contributed by atoms with Crippen molar-refractivity contribution >= 4 is 23.5 Å². The predicted octanol–water partition coefficient (Wildman–Crippen LogP) is 1.08. The third-order valence-corrected chi connectivity index (χ3v) is 2.70. The van der Waals surface area contributed by atoms with Crippen LogP contribution in [-0.4, -0.2) is 31.4 Å². The summed E-state index contributed by atoms with van der Waals surface area (Å²) in [5.74, 6) is -0.0822. The van der Waals surface area contributed by atoms with Crippen LogP contribution in [-0.2, 0) is 9.53 Å². The van der Waals surface area contributed by atoms with E-state index in [1.165, 1.54) is 11.3 Å². The maximum absolute atomic E-state index is 11.8. The van der Waals surface area contributed by atoms with Gasteiger partial charge in [-0.1, -0.05) is 6.07 Å². The Kier molecular flexibility index (Phi) is 5.00. The van der Waals surface area contributed by atoms with Crippen LogP contribution in [0, 0.1) is 0 Å². The number of Topliss-reactive ketones (excluding diaryl/α,β-unsaturated/α-hetero) is 1. The Morgan fingerprint density at radius 2 is 2.53 bits per heavy atom. The molecule has 0 radical (unpaired) electrons. The maximum Gasteiger partial charge on any atom is 0.207 e. The predicted molar refractivity (Wildman–Crippen MR) is 58.1 cm³/mol. The van der Waals surface area contributed by atoms with Gasteiger partial charge in [-0.3, -0.25) is 9.59 Å². The molecule has 0 spiro atoms. The molecule has 1 rings (SSSR count). The van der Waals surface area contributed by atoms with Gasteiger partial charge >= 0.3 is 0 Å². The van der Waals surface area contributed by atoms with Crippen LogP contribution < -0.4 is 5.32 Å². The molecule has 0 fully saturated rings. The Labute approximate surface area is 92.2 Å². The molecule has 0 bridgehead atoms. The SMILES string of the molecule is CCOC(CNC=O)C(=O)c1cccs1. The molecule has 82 valence electrons. The van der Waals surface area contributed by atoms with Crippen LogP contribution in [0.5, 0.6) is 0 Å². The molecular formula is C10H13NO3S. The number of carbonyl (C=O) groups excluding carboxylic acids is 2. The Bertz CT molecular complexity index is 310. The summed E-state index contributed by atoms with van der Waals surface area (Å²) in [7, 11) is 0. The standard InChI is InChI=1S/C10H13NO3S/c1-2-14-8(6-11-7-12)10(13)9-4-3-5-15-9/h3-5,7-8H,2,6H2,1H3,(H,11,12). The lowest BCUT2D eigenvalue weighted by Crippen LogP contribution is -2.35. The van der Waals surface area contributed by atoms with Crippen molar-refractivity contribution in [3.05, 3.63) is 22.4 Å². The molecule has 4 nitrogen and oxygen atoms in total. The van der Waals surface area contributed by atoms with E-state index < -0.39 is 6.10 Å². The smallest absolute Gasteiger partial charge is 0.207 e. The number of ether oxygens (including phenoxy) is 1. The summed E-state index contributed by atoms with van der Waals surface area (Å²) in [4.78, 5) is 22.6. The topological polar surface area (TPSA) is 55.4 Å². The lowest BCUT2D eigenvalue weighted by molar-refractivity contribution is -0.109. The molecule has 1 unspecified atom stereocenters. The van der Waals surface area contributed by atoms with E-state index in [0.717, 1.165) is 0 Å². The monoisotopic (exact) mass is 227 g/mol. The second-order valence-corrected chi connectivity index (χ2v) is 3.76. The summed E-state index contributed by atoms with van der Waals surface area (Å²) in [6.45, 7) is 2.48. The Hall–Kier alpha value is -1.20. The van der Waals surface area contributed by atoms with E-state index in [0.29, 0.717) is 17.9 Å². The zero-order valence-corrected chi connectivity index (χ0v) is 9.25. The van der Waals surface area contributed by atoms with Gasteiger partial charge in [0.2, 0.25) is 12.2 Å². The molecule has 0 aliphatic carbocycles. The van der Waals surface area contributed by atoms with Crippen molar-refractivity contribution in [2.45, 2.75) is 13.0 Å². The van der Waals surface area contributed by atoms with Crippen molar-refractivity contribution < 1.29 is 14.3 Å².